The number of carbonyl (C=O) groups is 1. The van der Waals surface area contributed by atoms with Crippen molar-refractivity contribution in [3.05, 3.63) is 137 Å². The van der Waals surface area contributed by atoms with Gasteiger partial charge in [0.1, 0.15) is 22.5 Å². The van der Waals surface area contributed by atoms with E-state index in [2.05, 4.69) is 10.3 Å². The summed E-state index contributed by atoms with van der Waals surface area (Å²) in [6, 6.07) is 20.0. The van der Waals surface area contributed by atoms with Crippen molar-refractivity contribution in [3.8, 4) is 0 Å². The summed E-state index contributed by atoms with van der Waals surface area (Å²) in [6.07, 6.45) is -1.83. The third kappa shape index (κ3) is 5.02. The lowest BCUT2D eigenvalue weighted by Gasteiger charge is -2.32. The molecule has 194 valence electrons. The number of halogens is 7. The Morgan fingerprint density at radius 2 is 1.29 bits per heavy atom. The number of rotatable bonds is 7. The molecule has 10 heteroatoms. The molecule has 0 aliphatic heterocycles. The predicted molar refractivity (Wildman–Crippen MR) is 127 cm³/mol. The zero-order chi connectivity index (χ0) is 27.5. The van der Waals surface area contributed by atoms with E-state index in [0.717, 1.165) is 0 Å². The number of carbonyl (C=O) groups excluding carboxylic acids is 1. The van der Waals surface area contributed by atoms with Gasteiger partial charge in [-0.25, -0.2) is 17.6 Å². The molecule has 0 bridgehead atoms. The normalized spacial score (nSPS) is 13.3. The first kappa shape index (κ1) is 26.6. The second-order valence-corrected chi connectivity index (χ2v) is 8.09. The summed E-state index contributed by atoms with van der Waals surface area (Å²) in [6.45, 7) is 0. The molecule has 0 saturated carbocycles. The minimum Gasteiger partial charge on any atom is -0.361 e. The molecular weight excluding hydrogens is 513 g/mol. The maximum atomic E-state index is 15.0. The topological polar surface area (TPSA) is 42.0 Å². The number of aromatic nitrogens is 1. The monoisotopic (exact) mass is 530 g/mol. The molecule has 4 rings (SSSR count). The van der Waals surface area contributed by atoms with Gasteiger partial charge < -0.3 is 5.32 Å². The lowest BCUT2D eigenvalue weighted by molar-refractivity contribution is -0.143. The Labute approximate surface area is 212 Å². The third-order valence-corrected chi connectivity index (χ3v) is 5.68. The molecule has 3 nitrogen and oxygen atoms in total. The van der Waals surface area contributed by atoms with Crippen molar-refractivity contribution < 1.29 is 35.5 Å². The van der Waals surface area contributed by atoms with Gasteiger partial charge in [-0.1, -0.05) is 72.8 Å². The van der Waals surface area contributed by atoms with Crippen molar-refractivity contribution in [2.45, 2.75) is 11.7 Å². The fourth-order valence-electron chi connectivity index (χ4n) is 3.85. The quantitative estimate of drug-likeness (QED) is 0.152. The third-order valence-electron chi connectivity index (χ3n) is 5.68. The van der Waals surface area contributed by atoms with Crippen molar-refractivity contribution in [2.24, 2.45) is 0 Å². The van der Waals surface area contributed by atoms with Crippen LogP contribution in [0.25, 0.3) is 6.08 Å². The largest absolute Gasteiger partial charge is 0.422 e. The number of Topliss-reactive ketones (excluding diaryl/α,β-unsaturated/α-hetero) is 1. The van der Waals surface area contributed by atoms with Crippen molar-refractivity contribution in [1.29, 1.82) is 0 Å². The SMILES string of the molecule is O=C(c1ccccn1)C(/C=C/c1ccccc1)(Nc1c(F)c(F)c(C(F)(F)F)c(F)c1F)c1ccccc1. The van der Waals surface area contributed by atoms with Crippen molar-refractivity contribution in [3.63, 3.8) is 0 Å². The summed E-state index contributed by atoms with van der Waals surface area (Å²) in [7, 11) is 0. The highest BCUT2D eigenvalue weighted by Gasteiger charge is 2.45. The average Bonchev–Trinajstić information content (AvgIpc) is 2.92. The Balaban J connectivity index is 2.01. The van der Waals surface area contributed by atoms with Gasteiger partial charge in [0.05, 0.1) is 0 Å². The van der Waals surface area contributed by atoms with E-state index < -0.39 is 52.0 Å². The van der Waals surface area contributed by atoms with Gasteiger partial charge in [-0.15, -0.1) is 0 Å². The summed E-state index contributed by atoms with van der Waals surface area (Å²) in [5.74, 6) is -10.9. The van der Waals surface area contributed by atoms with Crippen LogP contribution >= 0.6 is 0 Å². The number of alkyl halides is 3. The van der Waals surface area contributed by atoms with Crippen LogP contribution in [-0.2, 0) is 11.7 Å². The second kappa shape index (κ2) is 10.5. The number of benzene rings is 3. The number of anilines is 1. The Morgan fingerprint density at radius 3 is 1.82 bits per heavy atom. The lowest BCUT2D eigenvalue weighted by Crippen LogP contribution is -2.43. The van der Waals surface area contributed by atoms with Gasteiger partial charge in [0.15, 0.2) is 23.3 Å². The summed E-state index contributed by atoms with van der Waals surface area (Å²) >= 11 is 0. The summed E-state index contributed by atoms with van der Waals surface area (Å²) < 4.78 is 98.5. The number of nitrogens with one attached hydrogen (secondary N) is 1. The Morgan fingerprint density at radius 1 is 0.737 bits per heavy atom. The molecule has 1 heterocycles. The van der Waals surface area contributed by atoms with E-state index in [4.69, 9.17) is 0 Å². The van der Waals surface area contributed by atoms with Gasteiger partial charge in [-0.3, -0.25) is 9.78 Å². The van der Waals surface area contributed by atoms with E-state index in [1.54, 1.807) is 36.4 Å². The van der Waals surface area contributed by atoms with Gasteiger partial charge in [0.2, 0.25) is 5.78 Å². The van der Waals surface area contributed by atoms with Gasteiger partial charge in [-0.2, -0.15) is 13.2 Å². The summed E-state index contributed by atoms with van der Waals surface area (Å²) in [4.78, 5) is 17.9. The molecule has 38 heavy (non-hydrogen) atoms. The van der Waals surface area contributed by atoms with E-state index in [-0.39, 0.29) is 11.3 Å². The van der Waals surface area contributed by atoms with E-state index in [1.165, 1.54) is 60.8 Å². The van der Waals surface area contributed by atoms with Gasteiger partial charge in [-0.05, 0) is 29.3 Å². The second-order valence-electron chi connectivity index (χ2n) is 8.09. The van der Waals surface area contributed by atoms with Crippen LogP contribution in [0.2, 0.25) is 0 Å². The molecule has 1 unspecified atom stereocenters. The Hall–Kier alpha value is -4.47. The van der Waals surface area contributed by atoms with Gasteiger partial charge >= 0.3 is 6.18 Å². The number of ketones is 1. The fourth-order valence-corrected chi connectivity index (χ4v) is 3.85. The first-order valence-corrected chi connectivity index (χ1v) is 11.0. The average molecular weight is 530 g/mol. The van der Waals surface area contributed by atoms with Crippen LogP contribution in [-0.4, -0.2) is 10.8 Å². The smallest absolute Gasteiger partial charge is 0.361 e. The molecule has 0 radical (unpaired) electrons. The van der Waals surface area contributed by atoms with Crippen LogP contribution in [0.5, 0.6) is 0 Å². The Kier molecular flexibility index (Phi) is 7.34. The molecule has 1 aromatic heterocycles. The predicted octanol–water partition coefficient (Wildman–Crippen LogP) is 7.56. The molecule has 1 N–H and O–H groups in total. The summed E-state index contributed by atoms with van der Waals surface area (Å²) in [5.41, 5.74) is -6.20. The van der Waals surface area contributed by atoms with E-state index in [9.17, 15) is 26.7 Å². The van der Waals surface area contributed by atoms with E-state index in [1.807, 2.05) is 0 Å². The molecule has 0 saturated heterocycles. The van der Waals surface area contributed by atoms with Crippen LogP contribution in [0.4, 0.5) is 36.4 Å². The van der Waals surface area contributed by atoms with E-state index >= 15 is 8.78 Å². The molecule has 0 aliphatic rings. The highest BCUT2D eigenvalue weighted by Crippen LogP contribution is 2.41. The van der Waals surface area contributed by atoms with Crippen LogP contribution in [0.3, 0.4) is 0 Å². The van der Waals surface area contributed by atoms with Gasteiger partial charge in [0, 0.05) is 6.20 Å². The molecule has 0 amide bonds. The molecule has 4 aromatic rings. The standard InChI is InChI=1S/C28H17F7N2O/c29-21-20(28(33,34)35)22(30)24(32)25(23(21)31)37-27(18-11-5-2-6-12-18,15-14-17-9-3-1-4-10-17)26(38)19-13-7-8-16-36-19/h1-16,37H/b15-14+. The van der Waals surface area contributed by atoms with Gasteiger partial charge in [0.25, 0.3) is 0 Å². The van der Waals surface area contributed by atoms with Crippen LogP contribution in [0, 0.1) is 23.3 Å². The zero-order valence-corrected chi connectivity index (χ0v) is 19.2. The maximum Gasteiger partial charge on any atom is 0.422 e. The van der Waals surface area contributed by atoms with E-state index in [0.29, 0.717) is 5.56 Å². The van der Waals surface area contributed by atoms with Crippen molar-refractivity contribution in [1.82, 2.24) is 4.98 Å². The minimum atomic E-state index is -5.72. The number of pyridine rings is 1. The first-order chi connectivity index (χ1) is 18.1. The van der Waals surface area contributed by atoms with Crippen LogP contribution in [0.15, 0.2) is 91.1 Å². The number of nitrogens with zero attached hydrogens (tertiary/aromatic N) is 1. The Bertz CT molecular complexity index is 1450. The summed E-state index contributed by atoms with van der Waals surface area (Å²) in [5, 5.41) is 2.20. The molecular formula is C28H17F7N2O. The van der Waals surface area contributed by atoms with Crippen LogP contribution < -0.4 is 5.32 Å². The molecule has 0 aliphatic carbocycles. The fraction of sp³-hybridized carbons (Fsp3) is 0.0714. The van der Waals surface area contributed by atoms with Crippen molar-refractivity contribution in [2.75, 3.05) is 5.32 Å². The molecule has 3 aromatic carbocycles. The first-order valence-electron chi connectivity index (χ1n) is 11.0. The zero-order valence-electron chi connectivity index (χ0n) is 19.2. The lowest BCUT2D eigenvalue weighted by atomic mass is 9.82. The van der Waals surface area contributed by atoms with Crippen molar-refractivity contribution >= 4 is 17.5 Å². The van der Waals surface area contributed by atoms with Crippen LogP contribution in [0.1, 0.15) is 27.2 Å². The maximum absolute atomic E-state index is 15.0. The molecule has 1 atom stereocenters. The highest BCUT2D eigenvalue weighted by molar-refractivity contribution is 6.06. The minimum absolute atomic E-state index is 0.0577. The molecule has 0 spiro atoms. The number of hydrogen-bond donors (Lipinski definition) is 1. The molecule has 0 fully saturated rings. The number of hydrogen-bond acceptors (Lipinski definition) is 3. The highest BCUT2D eigenvalue weighted by atomic mass is 19.4.